The van der Waals surface area contributed by atoms with E-state index in [1.165, 1.54) is 5.56 Å². The highest BCUT2D eigenvalue weighted by Crippen LogP contribution is 1.92. The van der Waals surface area contributed by atoms with Crippen LogP contribution in [0.1, 0.15) is 12.5 Å². The second-order valence-electron chi connectivity index (χ2n) is 3.29. The molecule has 0 spiro atoms. The van der Waals surface area contributed by atoms with Crippen molar-refractivity contribution < 1.29 is 14.6 Å². The molecule has 0 unspecified atom stereocenters. The second-order valence-corrected chi connectivity index (χ2v) is 3.29. The van der Waals surface area contributed by atoms with Crippen molar-refractivity contribution in [1.82, 2.24) is 0 Å². The van der Waals surface area contributed by atoms with Crippen LogP contribution >= 0.6 is 0 Å². The summed E-state index contributed by atoms with van der Waals surface area (Å²) in [6.45, 7) is 6.90. The van der Waals surface area contributed by atoms with E-state index in [1.54, 1.807) is 6.92 Å². The van der Waals surface area contributed by atoms with Crippen LogP contribution in [0.3, 0.4) is 0 Å². The molecule has 1 rings (SSSR count). The summed E-state index contributed by atoms with van der Waals surface area (Å²) in [6, 6.07) is 10.3. The number of esters is 1. The number of aryl methyl sites for hydroxylation is 1. The molecule has 3 heteroatoms. The van der Waals surface area contributed by atoms with E-state index < -0.39 is 5.97 Å². The zero-order chi connectivity index (χ0) is 12.4. The van der Waals surface area contributed by atoms with Crippen LogP contribution in [0.4, 0.5) is 0 Å². The van der Waals surface area contributed by atoms with E-state index in [2.05, 4.69) is 30.4 Å². The van der Waals surface area contributed by atoms with Crippen LogP contribution in [0.5, 0.6) is 0 Å². The molecule has 0 saturated heterocycles. The van der Waals surface area contributed by atoms with Crippen molar-refractivity contribution >= 4 is 5.97 Å². The number of carbonyl (C=O) groups excluding carboxylic acids is 1. The number of carbonyl (C=O) groups is 1. The minimum Gasteiger partial charge on any atom is -0.460 e. The van der Waals surface area contributed by atoms with Gasteiger partial charge in [-0.3, -0.25) is 0 Å². The molecular formula is C13H18O3. The molecule has 0 atom stereocenters. The van der Waals surface area contributed by atoms with E-state index in [1.807, 2.05) is 18.2 Å². The summed E-state index contributed by atoms with van der Waals surface area (Å²) in [7, 11) is 0. The summed E-state index contributed by atoms with van der Waals surface area (Å²) >= 11 is 0. The monoisotopic (exact) mass is 222 g/mol. The quantitative estimate of drug-likeness (QED) is 0.629. The molecule has 1 N–H and O–H groups in total. The molecule has 0 aromatic heterocycles. The van der Waals surface area contributed by atoms with E-state index in [4.69, 9.17) is 5.11 Å². The Hall–Kier alpha value is -1.61. The maximum Gasteiger partial charge on any atom is 0.333 e. The van der Waals surface area contributed by atoms with Gasteiger partial charge in [0, 0.05) is 5.57 Å². The maximum absolute atomic E-state index is 10.5. The lowest BCUT2D eigenvalue weighted by Gasteiger charge is -1.99. The summed E-state index contributed by atoms with van der Waals surface area (Å²) in [5.41, 5.74) is 1.67. The molecule has 3 nitrogen and oxygen atoms in total. The van der Waals surface area contributed by atoms with E-state index in [0.717, 1.165) is 0 Å². The van der Waals surface area contributed by atoms with Crippen molar-refractivity contribution in [1.29, 1.82) is 0 Å². The fourth-order valence-corrected chi connectivity index (χ4v) is 0.796. The molecule has 0 bridgehead atoms. The summed E-state index contributed by atoms with van der Waals surface area (Å²) < 4.78 is 4.46. The summed E-state index contributed by atoms with van der Waals surface area (Å²) in [5, 5.41) is 8.19. The highest BCUT2D eigenvalue weighted by atomic mass is 16.5. The Bertz CT molecular complexity index is 317. The third-order valence-corrected chi connectivity index (χ3v) is 1.61. The maximum atomic E-state index is 10.5. The van der Waals surface area contributed by atoms with Gasteiger partial charge in [0.05, 0.1) is 6.61 Å². The summed E-state index contributed by atoms with van der Waals surface area (Å²) in [5.74, 6) is -0.455. The van der Waals surface area contributed by atoms with Crippen LogP contribution in [0.25, 0.3) is 0 Å². The highest BCUT2D eigenvalue weighted by Gasteiger charge is 1.99. The average Bonchev–Trinajstić information content (AvgIpc) is 2.27. The number of hydrogen-bond acceptors (Lipinski definition) is 3. The molecule has 0 heterocycles. The van der Waals surface area contributed by atoms with Crippen LogP contribution in [0.15, 0.2) is 42.5 Å². The smallest absolute Gasteiger partial charge is 0.333 e. The molecule has 0 aliphatic rings. The lowest BCUT2D eigenvalue weighted by atomic mass is 10.2. The van der Waals surface area contributed by atoms with Gasteiger partial charge < -0.3 is 9.84 Å². The van der Waals surface area contributed by atoms with E-state index in [0.29, 0.717) is 5.57 Å². The first-order valence-electron chi connectivity index (χ1n) is 5.03. The lowest BCUT2D eigenvalue weighted by Crippen LogP contribution is -2.08. The van der Waals surface area contributed by atoms with Crippen molar-refractivity contribution in [3.8, 4) is 0 Å². The van der Waals surface area contributed by atoms with Gasteiger partial charge in [-0.25, -0.2) is 4.79 Å². The predicted octanol–water partition coefficient (Wildman–Crippen LogP) is 2.09. The van der Waals surface area contributed by atoms with Crippen LogP contribution in [0, 0.1) is 6.92 Å². The minimum atomic E-state index is -0.455. The Balaban J connectivity index is 0.000000288. The van der Waals surface area contributed by atoms with Crippen LogP contribution < -0.4 is 0 Å². The van der Waals surface area contributed by atoms with Crippen LogP contribution in [0.2, 0.25) is 0 Å². The molecule has 0 radical (unpaired) electrons. The first kappa shape index (κ1) is 14.4. The fourth-order valence-electron chi connectivity index (χ4n) is 0.796. The number of hydrogen-bond donors (Lipinski definition) is 1. The number of aliphatic hydroxyl groups excluding tert-OH is 1. The Labute approximate surface area is 96.4 Å². The Morgan fingerprint density at radius 3 is 2.25 bits per heavy atom. The van der Waals surface area contributed by atoms with Crippen molar-refractivity contribution in [3.05, 3.63) is 48.0 Å². The van der Waals surface area contributed by atoms with Gasteiger partial charge in [0.1, 0.15) is 6.61 Å². The normalized spacial score (nSPS) is 8.69. The Morgan fingerprint density at radius 1 is 1.38 bits per heavy atom. The zero-order valence-electron chi connectivity index (χ0n) is 9.77. The number of rotatable bonds is 3. The molecule has 0 amide bonds. The molecule has 1 aromatic rings. The molecule has 0 saturated carbocycles. The number of ether oxygens (including phenoxy) is 1. The van der Waals surface area contributed by atoms with E-state index in [-0.39, 0.29) is 13.2 Å². The summed E-state index contributed by atoms with van der Waals surface area (Å²) in [4.78, 5) is 10.5. The van der Waals surface area contributed by atoms with Gasteiger partial charge in [-0.15, -0.1) is 0 Å². The molecule has 0 aliphatic heterocycles. The molecule has 0 fully saturated rings. The summed E-state index contributed by atoms with van der Waals surface area (Å²) in [6.07, 6.45) is 0. The zero-order valence-corrected chi connectivity index (χ0v) is 9.77. The van der Waals surface area contributed by atoms with Gasteiger partial charge in [-0.05, 0) is 13.8 Å². The first-order valence-corrected chi connectivity index (χ1v) is 5.03. The van der Waals surface area contributed by atoms with Gasteiger partial charge in [-0.1, -0.05) is 42.5 Å². The van der Waals surface area contributed by atoms with Crippen LogP contribution in [-0.4, -0.2) is 24.3 Å². The van der Waals surface area contributed by atoms with Gasteiger partial charge in [-0.2, -0.15) is 0 Å². The SMILES string of the molecule is C=C(C)C(=O)OCCO.Cc1ccccc1. The standard InChI is InChI=1S/C7H8.C6H10O3/c1-7-5-3-2-4-6-7;1-5(2)6(8)9-4-3-7/h2-6H,1H3;7H,1,3-4H2,2H3. The third-order valence-electron chi connectivity index (χ3n) is 1.61. The van der Waals surface area contributed by atoms with Gasteiger partial charge in [0.25, 0.3) is 0 Å². The number of benzene rings is 1. The molecule has 16 heavy (non-hydrogen) atoms. The van der Waals surface area contributed by atoms with Crippen molar-refractivity contribution in [2.45, 2.75) is 13.8 Å². The Morgan fingerprint density at radius 2 is 1.94 bits per heavy atom. The predicted molar refractivity (Wildman–Crippen MR) is 64.0 cm³/mol. The third kappa shape index (κ3) is 7.76. The fraction of sp³-hybridized carbons (Fsp3) is 0.308. The van der Waals surface area contributed by atoms with Gasteiger partial charge in [0.15, 0.2) is 0 Å². The Kier molecular flexibility index (Phi) is 7.81. The second kappa shape index (κ2) is 8.68. The molecule has 1 aromatic carbocycles. The molecular weight excluding hydrogens is 204 g/mol. The number of aliphatic hydroxyl groups is 1. The van der Waals surface area contributed by atoms with Crippen molar-refractivity contribution in [2.24, 2.45) is 0 Å². The first-order chi connectivity index (χ1) is 7.57. The molecule has 0 aliphatic carbocycles. The largest absolute Gasteiger partial charge is 0.460 e. The van der Waals surface area contributed by atoms with Crippen LogP contribution in [-0.2, 0) is 9.53 Å². The van der Waals surface area contributed by atoms with Gasteiger partial charge in [0.2, 0.25) is 0 Å². The van der Waals surface area contributed by atoms with Gasteiger partial charge >= 0.3 is 5.97 Å². The van der Waals surface area contributed by atoms with Crippen molar-refractivity contribution in [2.75, 3.05) is 13.2 Å². The molecule has 88 valence electrons. The lowest BCUT2D eigenvalue weighted by molar-refractivity contribution is -0.139. The minimum absolute atomic E-state index is 0.0473. The van der Waals surface area contributed by atoms with E-state index >= 15 is 0 Å². The van der Waals surface area contributed by atoms with E-state index in [9.17, 15) is 4.79 Å². The highest BCUT2D eigenvalue weighted by molar-refractivity contribution is 5.86. The van der Waals surface area contributed by atoms with Crippen molar-refractivity contribution in [3.63, 3.8) is 0 Å². The average molecular weight is 222 g/mol. The topological polar surface area (TPSA) is 46.5 Å².